The van der Waals surface area contributed by atoms with Crippen molar-refractivity contribution >= 4 is 0 Å². The largest absolute Gasteiger partial charge is 0.303 e. The Balaban J connectivity index is 2.00. The zero-order valence-corrected chi connectivity index (χ0v) is 8.87. The molecular weight excluding hydrogens is 174 g/mol. The first-order chi connectivity index (χ1) is 6.85. The van der Waals surface area contributed by atoms with Crippen LogP contribution < -0.4 is 5.32 Å². The topological polar surface area (TPSA) is 18.5 Å². The van der Waals surface area contributed by atoms with Crippen molar-refractivity contribution in [2.45, 2.75) is 19.0 Å². The van der Waals surface area contributed by atoms with E-state index in [1.807, 2.05) is 0 Å². The van der Waals surface area contributed by atoms with Crippen LogP contribution in [0.5, 0.6) is 0 Å². The van der Waals surface area contributed by atoms with Gasteiger partial charge in [-0.2, -0.15) is 0 Å². The lowest BCUT2D eigenvalue weighted by Gasteiger charge is -2.49. The van der Waals surface area contributed by atoms with Crippen molar-refractivity contribution in [1.29, 1.82) is 0 Å². The number of likely N-dealkylation sites (N-methyl/N-ethyl adjacent to an activating group) is 1. The number of terminal acetylenes is 1. The van der Waals surface area contributed by atoms with Gasteiger partial charge in [0, 0.05) is 38.8 Å². The third kappa shape index (κ3) is 1.78. The Morgan fingerprint density at radius 1 is 1.43 bits per heavy atom. The molecule has 3 nitrogen and oxygen atoms in total. The lowest BCUT2D eigenvalue weighted by atomic mass is 10.0. The van der Waals surface area contributed by atoms with Gasteiger partial charge in [-0.05, 0) is 6.54 Å². The van der Waals surface area contributed by atoms with Crippen molar-refractivity contribution in [3.63, 3.8) is 0 Å². The first-order valence-corrected chi connectivity index (χ1v) is 5.51. The molecule has 0 spiro atoms. The summed E-state index contributed by atoms with van der Waals surface area (Å²) < 4.78 is 0. The first-order valence-electron chi connectivity index (χ1n) is 5.51. The van der Waals surface area contributed by atoms with E-state index in [1.165, 1.54) is 26.2 Å². The molecule has 2 atom stereocenters. The Morgan fingerprint density at radius 3 is 2.57 bits per heavy atom. The number of rotatable bonds is 3. The Hall–Kier alpha value is -0.560. The third-order valence-electron chi connectivity index (χ3n) is 3.31. The number of hydrogen-bond donors (Lipinski definition) is 1. The van der Waals surface area contributed by atoms with Crippen LogP contribution in [0.2, 0.25) is 0 Å². The molecular formula is C11H19N3. The minimum atomic E-state index is 0.225. The van der Waals surface area contributed by atoms with Crippen LogP contribution in [0, 0.1) is 12.3 Å². The summed E-state index contributed by atoms with van der Waals surface area (Å²) >= 11 is 0. The molecule has 1 N–H and O–H groups in total. The zero-order chi connectivity index (χ0) is 9.97. The van der Waals surface area contributed by atoms with E-state index in [0.717, 1.165) is 13.1 Å². The van der Waals surface area contributed by atoms with E-state index in [1.54, 1.807) is 0 Å². The Labute approximate surface area is 86.4 Å². The fourth-order valence-corrected chi connectivity index (χ4v) is 2.50. The molecule has 3 aliphatic rings. The van der Waals surface area contributed by atoms with E-state index in [0.29, 0.717) is 6.04 Å². The third-order valence-corrected chi connectivity index (χ3v) is 3.31. The highest BCUT2D eigenvalue weighted by atomic mass is 15.4. The van der Waals surface area contributed by atoms with Crippen LogP contribution in [0.15, 0.2) is 0 Å². The molecule has 78 valence electrons. The molecule has 0 saturated carbocycles. The van der Waals surface area contributed by atoms with Crippen molar-refractivity contribution in [2.75, 3.05) is 39.3 Å². The lowest BCUT2D eigenvalue weighted by molar-refractivity contribution is 0.00518. The fraction of sp³-hybridized carbons (Fsp3) is 0.818. The number of nitrogens with one attached hydrogen (secondary N) is 1. The van der Waals surface area contributed by atoms with E-state index in [9.17, 15) is 0 Å². The van der Waals surface area contributed by atoms with Gasteiger partial charge < -0.3 is 5.32 Å². The maximum atomic E-state index is 5.56. The van der Waals surface area contributed by atoms with E-state index < -0.39 is 0 Å². The molecule has 3 saturated heterocycles. The van der Waals surface area contributed by atoms with E-state index in [-0.39, 0.29) is 6.04 Å². The van der Waals surface area contributed by atoms with E-state index >= 15 is 0 Å². The number of nitrogens with zero attached hydrogens (tertiary/aromatic N) is 2. The Morgan fingerprint density at radius 2 is 2.14 bits per heavy atom. The van der Waals surface area contributed by atoms with Crippen LogP contribution in [0.4, 0.5) is 0 Å². The summed E-state index contributed by atoms with van der Waals surface area (Å²) in [6.07, 6.45) is 5.56. The second-order valence-electron chi connectivity index (χ2n) is 4.11. The van der Waals surface area contributed by atoms with Gasteiger partial charge in [-0.25, -0.2) is 0 Å². The van der Waals surface area contributed by atoms with Gasteiger partial charge in [0.15, 0.2) is 0 Å². The molecule has 3 heterocycles. The summed E-state index contributed by atoms with van der Waals surface area (Å²) in [6.45, 7) is 9.03. The van der Waals surface area contributed by atoms with Crippen molar-refractivity contribution in [3.8, 4) is 12.3 Å². The van der Waals surface area contributed by atoms with Crippen LogP contribution in [-0.4, -0.2) is 61.2 Å². The fourth-order valence-electron chi connectivity index (χ4n) is 2.50. The van der Waals surface area contributed by atoms with Crippen LogP contribution in [0.3, 0.4) is 0 Å². The highest BCUT2D eigenvalue weighted by Crippen LogP contribution is 2.17. The van der Waals surface area contributed by atoms with E-state index in [4.69, 9.17) is 6.42 Å². The van der Waals surface area contributed by atoms with Crippen molar-refractivity contribution < 1.29 is 0 Å². The molecule has 3 heteroatoms. The molecule has 0 radical (unpaired) electrons. The summed E-state index contributed by atoms with van der Waals surface area (Å²) in [5.74, 6) is 2.88. The Kier molecular flexibility index (Phi) is 3.07. The molecule has 0 aliphatic carbocycles. The zero-order valence-electron chi connectivity index (χ0n) is 8.87. The standard InChI is InChI=1S/C11H19N3/c1-3-10(12-4-2)11-9-13-5-7-14(11)8-6-13/h1,10-12H,4-9H2,2H3. The number of fused-ring (bicyclic) bond motifs is 3. The van der Waals surface area contributed by atoms with E-state index in [2.05, 4.69) is 28.0 Å². The molecule has 0 amide bonds. The number of hydrogen-bond acceptors (Lipinski definition) is 3. The van der Waals surface area contributed by atoms with Gasteiger partial charge in [-0.1, -0.05) is 12.8 Å². The SMILES string of the molecule is C#CC(NCC)C1CN2CCN1CC2. The highest BCUT2D eigenvalue weighted by Gasteiger charge is 2.35. The van der Waals surface area contributed by atoms with Gasteiger partial charge in [0.2, 0.25) is 0 Å². The summed E-state index contributed by atoms with van der Waals surface area (Å²) in [7, 11) is 0. The maximum absolute atomic E-state index is 5.56. The van der Waals surface area contributed by atoms with Gasteiger partial charge in [-0.3, -0.25) is 9.80 Å². The van der Waals surface area contributed by atoms with Crippen molar-refractivity contribution in [3.05, 3.63) is 0 Å². The van der Waals surface area contributed by atoms with Gasteiger partial charge in [0.1, 0.15) is 0 Å². The first kappa shape index (κ1) is 9.97. The summed E-state index contributed by atoms with van der Waals surface area (Å²) in [4.78, 5) is 5.06. The molecule has 14 heavy (non-hydrogen) atoms. The monoisotopic (exact) mass is 193 g/mol. The molecule has 0 aromatic carbocycles. The molecule has 0 aromatic rings. The van der Waals surface area contributed by atoms with Crippen LogP contribution in [0.25, 0.3) is 0 Å². The van der Waals surface area contributed by atoms with Gasteiger partial charge in [-0.15, -0.1) is 6.42 Å². The minimum absolute atomic E-state index is 0.225. The molecule has 0 aromatic heterocycles. The van der Waals surface area contributed by atoms with Gasteiger partial charge in [0.05, 0.1) is 6.04 Å². The lowest BCUT2D eigenvalue weighted by Crippen LogP contribution is -2.66. The average Bonchev–Trinajstić information content (AvgIpc) is 2.27. The highest BCUT2D eigenvalue weighted by molar-refractivity contribution is 5.08. The predicted octanol–water partition coefficient (Wildman–Crippen LogP) is -0.402. The van der Waals surface area contributed by atoms with Crippen LogP contribution in [-0.2, 0) is 0 Å². The maximum Gasteiger partial charge on any atom is 0.0856 e. The molecule has 3 fully saturated rings. The van der Waals surface area contributed by atoms with Gasteiger partial charge >= 0.3 is 0 Å². The van der Waals surface area contributed by atoms with Crippen LogP contribution >= 0.6 is 0 Å². The number of piperazine rings is 3. The minimum Gasteiger partial charge on any atom is -0.303 e. The summed E-state index contributed by atoms with van der Waals surface area (Å²) in [5.41, 5.74) is 0. The van der Waals surface area contributed by atoms with Crippen molar-refractivity contribution in [1.82, 2.24) is 15.1 Å². The van der Waals surface area contributed by atoms with Gasteiger partial charge in [0.25, 0.3) is 0 Å². The second kappa shape index (κ2) is 4.31. The van der Waals surface area contributed by atoms with Crippen molar-refractivity contribution in [2.24, 2.45) is 0 Å². The normalized spacial score (nSPS) is 37.9. The average molecular weight is 193 g/mol. The quantitative estimate of drug-likeness (QED) is 0.615. The smallest absolute Gasteiger partial charge is 0.0856 e. The predicted molar refractivity (Wildman–Crippen MR) is 58.1 cm³/mol. The van der Waals surface area contributed by atoms with Crippen LogP contribution in [0.1, 0.15) is 6.92 Å². The molecule has 3 rings (SSSR count). The molecule has 3 aliphatic heterocycles. The molecule has 2 bridgehead atoms. The summed E-state index contributed by atoms with van der Waals surface area (Å²) in [6, 6.07) is 0.755. The second-order valence-corrected chi connectivity index (χ2v) is 4.11. The molecule has 2 unspecified atom stereocenters. The summed E-state index contributed by atoms with van der Waals surface area (Å²) in [5, 5.41) is 3.38. The Bertz CT molecular complexity index is 225.